The molecule has 0 amide bonds. The number of ether oxygens (including phenoxy) is 2. The molecule has 0 fully saturated rings. The Balaban J connectivity index is 2.85. The van der Waals surface area contributed by atoms with Crippen LogP contribution in [0.2, 0.25) is 0 Å². The predicted octanol–water partition coefficient (Wildman–Crippen LogP) is 0.460. The highest BCUT2D eigenvalue weighted by Gasteiger charge is 2.24. The summed E-state index contributed by atoms with van der Waals surface area (Å²) in [5.41, 5.74) is 6.86. The third-order valence-electron chi connectivity index (χ3n) is 3.10. The van der Waals surface area contributed by atoms with Crippen LogP contribution in [0.1, 0.15) is 18.7 Å². The minimum atomic E-state index is 0.0447. The third-order valence-corrected chi connectivity index (χ3v) is 3.10. The number of aromatic nitrogens is 2. The van der Waals surface area contributed by atoms with Crippen LogP contribution in [0.15, 0.2) is 18.6 Å². The highest BCUT2D eigenvalue weighted by Crippen LogP contribution is 2.19. The normalized spacial score (nSPS) is 14.6. The fourth-order valence-electron chi connectivity index (χ4n) is 2.14. The van der Waals surface area contributed by atoms with Crippen LogP contribution in [0.4, 0.5) is 0 Å². The number of nitrogens with two attached hydrogens (primary N) is 1. The molecular weight excluding hydrogens is 244 g/mol. The van der Waals surface area contributed by atoms with Crippen molar-refractivity contribution in [1.82, 2.24) is 14.9 Å². The number of hydrogen-bond acceptors (Lipinski definition) is 6. The Morgan fingerprint density at radius 1 is 1.37 bits per heavy atom. The summed E-state index contributed by atoms with van der Waals surface area (Å²) in [7, 11) is 3.40. The van der Waals surface area contributed by atoms with Crippen molar-refractivity contribution in [3.05, 3.63) is 24.3 Å². The predicted molar refractivity (Wildman–Crippen MR) is 73.7 cm³/mol. The van der Waals surface area contributed by atoms with E-state index in [1.165, 1.54) is 0 Å². The molecular formula is C13H24N4O2. The lowest BCUT2D eigenvalue weighted by molar-refractivity contribution is 0.0475. The molecule has 0 aliphatic rings. The van der Waals surface area contributed by atoms with E-state index < -0.39 is 0 Å². The van der Waals surface area contributed by atoms with Gasteiger partial charge in [0, 0.05) is 39.5 Å². The van der Waals surface area contributed by atoms with Gasteiger partial charge in [0.25, 0.3) is 0 Å². The standard InChI is InChI=1S/C13H24N4O2/c1-11(9-19-3)17(6-7-18-2)13(8-14)12-4-5-15-10-16-12/h4-5,10-11,13H,6-9,14H2,1-3H3. The van der Waals surface area contributed by atoms with Crippen molar-refractivity contribution in [2.75, 3.05) is 40.5 Å². The Morgan fingerprint density at radius 2 is 2.16 bits per heavy atom. The molecule has 6 heteroatoms. The van der Waals surface area contributed by atoms with Gasteiger partial charge in [-0.2, -0.15) is 0 Å². The summed E-state index contributed by atoms with van der Waals surface area (Å²) < 4.78 is 10.4. The zero-order chi connectivity index (χ0) is 14.1. The van der Waals surface area contributed by atoms with E-state index in [1.807, 2.05) is 6.07 Å². The molecule has 1 rings (SSSR count). The molecule has 0 bridgehead atoms. The molecule has 2 N–H and O–H groups in total. The van der Waals surface area contributed by atoms with Gasteiger partial charge in [-0.1, -0.05) is 0 Å². The summed E-state index contributed by atoms with van der Waals surface area (Å²) in [5, 5.41) is 0. The van der Waals surface area contributed by atoms with Gasteiger partial charge in [-0.3, -0.25) is 4.90 Å². The van der Waals surface area contributed by atoms with Gasteiger partial charge in [0.2, 0.25) is 0 Å². The largest absolute Gasteiger partial charge is 0.383 e. The van der Waals surface area contributed by atoms with E-state index in [4.69, 9.17) is 15.2 Å². The lowest BCUT2D eigenvalue weighted by Crippen LogP contribution is -2.44. The molecule has 0 spiro atoms. The minimum absolute atomic E-state index is 0.0447. The van der Waals surface area contributed by atoms with Crippen LogP contribution >= 0.6 is 0 Å². The van der Waals surface area contributed by atoms with E-state index in [9.17, 15) is 0 Å². The van der Waals surface area contributed by atoms with Crippen molar-refractivity contribution in [2.24, 2.45) is 5.73 Å². The highest BCUT2D eigenvalue weighted by atomic mass is 16.5. The fourth-order valence-corrected chi connectivity index (χ4v) is 2.14. The van der Waals surface area contributed by atoms with Crippen molar-refractivity contribution in [2.45, 2.75) is 19.0 Å². The molecule has 19 heavy (non-hydrogen) atoms. The van der Waals surface area contributed by atoms with Crippen LogP contribution in [0.5, 0.6) is 0 Å². The van der Waals surface area contributed by atoms with Gasteiger partial charge in [0.1, 0.15) is 6.33 Å². The number of nitrogens with zero attached hydrogens (tertiary/aromatic N) is 3. The second kappa shape index (κ2) is 8.92. The maximum absolute atomic E-state index is 5.93. The summed E-state index contributed by atoms with van der Waals surface area (Å²) in [6.45, 7) is 4.69. The number of rotatable bonds is 9. The average Bonchev–Trinajstić information content (AvgIpc) is 2.44. The first-order valence-electron chi connectivity index (χ1n) is 6.44. The van der Waals surface area contributed by atoms with E-state index in [1.54, 1.807) is 26.7 Å². The molecule has 0 aliphatic carbocycles. The Morgan fingerprint density at radius 3 is 2.68 bits per heavy atom. The summed E-state index contributed by atoms with van der Waals surface area (Å²) in [5.74, 6) is 0. The monoisotopic (exact) mass is 268 g/mol. The zero-order valence-electron chi connectivity index (χ0n) is 12.0. The molecule has 1 aromatic heterocycles. The van der Waals surface area contributed by atoms with Gasteiger partial charge >= 0.3 is 0 Å². The Kier molecular flexibility index (Phi) is 7.50. The molecule has 1 heterocycles. The van der Waals surface area contributed by atoms with Crippen LogP contribution in [-0.2, 0) is 9.47 Å². The molecule has 2 unspecified atom stereocenters. The number of hydrogen-bond donors (Lipinski definition) is 1. The Hall–Kier alpha value is -1.08. The second-order valence-corrected chi connectivity index (χ2v) is 4.42. The summed E-state index contributed by atoms with van der Waals surface area (Å²) in [6, 6.07) is 2.18. The van der Waals surface area contributed by atoms with Gasteiger partial charge in [-0.25, -0.2) is 9.97 Å². The summed E-state index contributed by atoms with van der Waals surface area (Å²) in [6.07, 6.45) is 3.29. The lowest BCUT2D eigenvalue weighted by Gasteiger charge is -2.35. The topological polar surface area (TPSA) is 73.5 Å². The maximum Gasteiger partial charge on any atom is 0.115 e. The first-order valence-corrected chi connectivity index (χ1v) is 6.44. The van der Waals surface area contributed by atoms with E-state index in [2.05, 4.69) is 21.8 Å². The first kappa shape index (κ1) is 16.0. The van der Waals surface area contributed by atoms with Crippen molar-refractivity contribution in [3.63, 3.8) is 0 Å². The first-order chi connectivity index (χ1) is 9.24. The quantitative estimate of drug-likeness (QED) is 0.701. The van der Waals surface area contributed by atoms with Gasteiger partial charge in [-0.15, -0.1) is 0 Å². The second-order valence-electron chi connectivity index (χ2n) is 4.42. The third kappa shape index (κ3) is 4.83. The van der Waals surface area contributed by atoms with E-state index in [-0.39, 0.29) is 12.1 Å². The van der Waals surface area contributed by atoms with Gasteiger partial charge in [0.05, 0.1) is 24.9 Å². The smallest absolute Gasteiger partial charge is 0.115 e. The molecule has 0 aromatic carbocycles. The van der Waals surface area contributed by atoms with Crippen LogP contribution in [0, 0.1) is 0 Å². The molecule has 0 saturated heterocycles. The fraction of sp³-hybridized carbons (Fsp3) is 0.692. The van der Waals surface area contributed by atoms with Gasteiger partial charge in [-0.05, 0) is 13.0 Å². The number of methoxy groups -OCH3 is 2. The van der Waals surface area contributed by atoms with E-state index in [0.717, 1.165) is 12.2 Å². The van der Waals surface area contributed by atoms with Crippen LogP contribution in [-0.4, -0.2) is 61.4 Å². The van der Waals surface area contributed by atoms with Gasteiger partial charge < -0.3 is 15.2 Å². The van der Waals surface area contributed by atoms with Crippen molar-refractivity contribution < 1.29 is 9.47 Å². The van der Waals surface area contributed by atoms with Gasteiger partial charge in [0.15, 0.2) is 0 Å². The molecule has 1 aromatic rings. The molecule has 0 radical (unpaired) electrons. The van der Waals surface area contributed by atoms with Crippen molar-refractivity contribution >= 4 is 0 Å². The summed E-state index contributed by atoms with van der Waals surface area (Å²) in [4.78, 5) is 10.5. The lowest BCUT2D eigenvalue weighted by atomic mass is 10.1. The molecule has 108 valence electrons. The molecule has 2 atom stereocenters. The van der Waals surface area contributed by atoms with Crippen LogP contribution < -0.4 is 5.73 Å². The van der Waals surface area contributed by atoms with E-state index >= 15 is 0 Å². The molecule has 6 nitrogen and oxygen atoms in total. The van der Waals surface area contributed by atoms with Crippen LogP contribution in [0.25, 0.3) is 0 Å². The Bertz CT molecular complexity index is 337. The van der Waals surface area contributed by atoms with Crippen LogP contribution in [0.3, 0.4) is 0 Å². The van der Waals surface area contributed by atoms with Crippen molar-refractivity contribution in [1.29, 1.82) is 0 Å². The van der Waals surface area contributed by atoms with E-state index in [0.29, 0.717) is 19.8 Å². The zero-order valence-corrected chi connectivity index (χ0v) is 12.0. The summed E-state index contributed by atoms with van der Waals surface area (Å²) >= 11 is 0. The Labute approximate surface area is 114 Å². The average molecular weight is 268 g/mol. The molecule has 0 aliphatic heterocycles. The maximum atomic E-state index is 5.93. The minimum Gasteiger partial charge on any atom is -0.383 e. The SMILES string of the molecule is COCCN(C(C)COC)C(CN)c1ccncn1. The van der Waals surface area contributed by atoms with Crippen molar-refractivity contribution in [3.8, 4) is 0 Å². The molecule has 0 saturated carbocycles. The highest BCUT2D eigenvalue weighted by molar-refractivity contribution is 5.06.